The lowest BCUT2D eigenvalue weighted by Gasteiger charge is -2.23. The Morgan fingerprint density at radius 2 is 1.95 bits per heavy atom. The van der Waals surface area contributed by atoms with Crippen LogP contribution in [0.3, 0.4) is 0 Å². The molecule has 1 N–H and O–H groups in total. The zero-order valence-electron chi connectivity index (χ0n) is 12.5. The van der Waals surface area contributed by atoms with Gasteiger partial charge in [-0.1, -0.05) is 6.92 Å². The summed E-state index contributed by atoms with van der Waals surface area (Å²) in [5.74, 6) is 3.06. The molecule has 1 aromatic carbocycles. The van der Waals surface area contributed by atoms with Crippen molar-refractivity contribution >= 4 is 0 Å². The quantitative estimate of drug-likeness (QED) is 0.872. The van der Waals surface area contributed by atoms with E-state index in [1.54, 1.807) is 0 Å². The predicted molar refractivity (Wildman–Crippen MR) is 79.0 cm³/mol. The van der Waals surface area contributed by atoms with E-state index >= 15 is 0 Å². The molecule has 1 aromatic rings. The Bertz CT molecular complexity index is 472. The van der Waals surface area contributed by atoms with Gasteiger partial charge in [0.05, 0.1) is 6.61 Å². The molecule has 0 spiro atoms. The Morgan fingerprint density at radius 1 is 1.19 bits per heavy atom. The number of rotatable bonds is 6. The summed E-state index contributed by atoms with van der Waals surface area (Å²) in [6, 6.07) is 3.97. The molecule has 0 saturated carbocycles. The highest BCUT2D eigenvalue weighted by molar-refractivity contribution is 5.51. The molecule has 0 atom stereocenters. The van der Waals surface area contributed by atoms with Gasteiger partial charge in [0.25, 0.3) is 0 Å². The van der Waals surface area contributed by atoms with Gasteiger partial charge in [0.1, 0.15) is 5.75 Å². The summed E-state index contributed by atoms with van der Waals surface area (Å²) in [5, 5.41) is 3.34. The summed E-state index contributed by atoms with van der Waals surface area (Å²) < 4.78 is 22.3. The minimum absolute atomic E-state index is 0.291. The second kappa shape index (κ2) is 7.00. The highest BCUT2D eigenvalue weighted by Gasteiger charge is 2.20. The number of ether oxygens (including phenoxy) is 4. The summed E-state index contributed by atoms with van der Waals surface area (Å²) in [6.45, 7) is 6.51. The van der Waals surface area contributed by atoms with Crippen molar-refractivity contribution in [1.82, 2.24) is 5.32 Å². The molecule has 2 heterocycles. The first-order valence-electron chi connectivity index (χ1n) is 7.70. The standard InChI is InChI=1S/C16H23NO4/c1-2-17-9-13-7-15-16(21-11-20-15)8-14(13)19-10-12-3-5-18-6-4-12/h7-8,12,17H,2-6,9-11H2,1H3. The predicted octanol–water partition coefficient (Wildman–Crippen LogP) is 2.33. The Balaban J connectivity index is 1.69. The van der Waals surface area contributed by atoms with Crippen molar-refractivity contribution < 1.29 is 18.9 Å². The van der Waals surface area contributed by atoms with E-state index in [0.29, 0.717) is 12.7 Å². The van der Waals surface area contributed by atoms with Crippen molar-refractivity contribution in [3.63, 3.8) is 0 Å². The molecule has 0 bridgehead atoms. The van der Waals surface area contributed by atoms with Crippen molar-refractivity contribution in [2.75, 3.05) is 33.2 Å². The van der Waals surface area contributed by atoms with Crippen LogP contribution in [0.5, 0.6) is 17.2 Å². The Morgan fingerprint density at radius 3 is 2.71 bits per heavy atom. The first kappa shape index (κ1) is 14.5. The zero-order valence-corrected chi connectivity index (χ0v) is 12.5. The SMILES string of the molecule is CCNCc1cc2c(cc1OCC1CCOCC1)OCO2. The van der Waals surface area contributed by atoms with Crippen molar-refractivity contribution in [2.24, 2.45) is 5.92 Å². The molecule has 0 unspecified atom stereocenters. The lowest BCUT2D eigenvalue weighted by atomic mass is 10.0. The van der Waals surface area contributed by atoms with Gasteiger partial charge in [-0.3, -0.25) is 0 Å². The molecule has 1 fully saturated rings. The van der Waals surface area contributed by atoms with Crippen molar-refractivity contribution in [3.8, 4) is 17.2 Å². The van der Waals surface area contributed by atoms with E-state index < -0.39 is 0 Å². The van der Waals surface area contributed by atoms with E-state index in [9.17, 15) is 0 Å². The van der Waals surface area contributed by atoms with Crippen molar-refractivity contribution in [3.05, 3.63) is 17.7 Å². The minimum Gasteiger partial charge on any atom is -0.493 e. The van der Waals surface area contributed by atoms with Crippen LogP contribution in [0, 0.1) is 5.92 Å². The topological polar surface area (TPSA) is 49.0 Å². The van der Waals surface area contributed by atoms with E-state index in [-0.39, 0.29) is 0 Å². The largest absolute Gasteiger partial charge is 0.493 e. The third-order valence-electron chi connectivity index (χ3n) is 3.94. The van der Waals surface area contributed by atoms with E-state index in [0.717, 1.165) is 68.6 Å². The highest BCUT2D eigenvalue weighted by Crippen LogP contribution is 2.38. The molecular weight excluding hydrogens is 270 g/mol. The van der Waals surface area contributed by atoms with Gasteiger partial charge in [0.2, 0.25) is 6.79 Å². The van der Waals surface area contributed by atoms with E-state index in [1.807, 2.05) is 12.1 Å². The molecule has 0 aromatic heterocycles. The molecule has 5 nitrogen and oxygen atoms in total. The van der Waals surface area contributed by atoms with E-state index in [4.69, 9.17) is 18.9 Å². The summed E-state index contributed by atoms with van der Waals surface area (Å²) in [4.78, 5) is 0. The third kappa shape index (κ3) is 3.60. The molecule has 21 heavy (non-hydrogen) atoms. The van der Waals surface area contributed by atoms with Crippen LogP contribution in [0.2, 0.25) is 0 Å². The van der Waals surface area contributed by atoms with Crippen molar-refractivity contribution in [1.29, 1.82) is 0 Å². The summed E-state index contributed by atoms with van der Waals surface area (Å²) >= 11 is 0. The van der Waals surface area contributed by atoms with Gasteiger partial charge >= 0.3 is 0 Å². The zero-order chi connectivity index (χ0) is 14.5. The average molecular weight is 293 g/mol. The monoisotopic (exact) mass is 293 g/mol. The average Bonchev–Trinajstić information content (AvgIpc) is 2.98. The van der Waals surface area contributed by atoms with Gasteiger partial charge in [0.15, 0.2) is 11.5 Å². The van der Waals surface area contributed by atoms with Gasteiger partial charge in [-0.15, -0.1) is 0 Å². The molecule has 2 aliphatic heterocycles. The van der Waals surface area contributed by atoms with Crippen LogP contribution >= 0.6 is 0 Å². The van der Waals surface area contributed by atoms with Crippen LogP contribution in [-0.2, 0) is 11.3 Å². The maximum absolute atomic E-state index is 6.07. The van der Waals surface area contributed by atoms with E-state index in [1.165, 1.54) is 0 Å². The maximum atomic E-state index is 6.07. The minimum atomic E-state index is 0.291. The fraction of sp³-hybridized carbons (Fsp3) is 0.625. The van der Waals surface area contributed by atoms with Gasteiger partial charge in [-0.2, -0.15) is 0 Å². The number of hydrogen-bond acceptors (Lipinski definition) is 5. The summed E-state index contributed by atoms with van der Waals surface area (Å²) in [7, 11) is 0. The Labute approximate surface area is 125 Å². The van der Waals surface area contributed by atoms with Gasteiger partial charge < -0.3 is 24.3 Å². The molecular formula is C16H23NO4. The van der Waals surface area contributed by atoms with Crippen LogP contribution in [0.1, 0.15) is 25.3 Å². The second-order valence-corrected chi connectivity index (χ2v) is 5.46. The first-order valence-corrected chi connectivity index (χ1v) is 7.70. The number of nitrogens with one attached hydrogen (secondary N) is 1. The molecule has 0 radical (unpaired) electrons. The summed E-state index contributed by atoms with van der Waals surface area (Å²) in [6.07, 6.45) is 2.15. The van der Waals surface area contributed by atoms with Crippen LogP contribution in [0.25, 0.3) is 0 Å². The Kier molecular flexibility index (Phi) is 4.83. The van der Waals surface area contributed by atoms with Crippen LogP contribution < -0.4 is 19.5 Å². The van der Waals surface area contributed by atoms with Crippen LogP contribution in [0.15, 0.2) is 12.1 Å². The first-order chi connectivity index (χ1) is 10.4. The molecule has 5 heteroatoms. The molecule has 1 saturated heterocycles. The number of fused-ring (bicyclic) bond motifs is 1. The summed E-state index contributed by atoms with van der Waals surface area (Å²) in [5.41, 5.74) is 1.12. The molecule has 116 valence electrons. The highest BCUT2D eigenvalue weighted by atomic mass is 16.7. The molecule has 0 amide bonds. The lowest BCUT2D eigenvalue weighted by Crippen LogP contribution is -2.22. The second-order valence-electron chi connectivity index (χ2n) is 5.46. The smallest absolute Gasteiger partial charge is 0.231 e. The van der Waals surface area contributed by atoms with Crippen molar-refractivity contribution in [2.45, 2.75) is 26.3 Å². The van der Waals surface area contributed by atoms with Crippen LogP contribution in [-0.4, -0.2) is 33.2 Å². The number of benzene rings is 1. The lowest BCUT2D eigenvalue weighted by molar-refractivity contribution is 0.0495. The Hall–Kier alpha value is -1.46. The maximum Gasteiger partial charge on any atom is 0.231 e. The van der Waals surface area contributed by atoms with Gasteiger partial charge in [-0.25, -0.2) is 0 Å². The van der Waals surface area contributed by atoms with E-state index in [2.05, 4.69) is 12.2 Å². The normalized spacial score (nSPS) is 18.0. The fourth-order valence-corrected chi connectivity index (χ4v) is 2.62. The molecule has 2 aliphatic rings. The fourth-order valence-electron chi connectivity index (χ4n) is 2.62. The molecule has 0 aliphatic carbocycles. The van der Waals surface area contributed by atoms with Gasteiger partial charge in [-0.05, 0) is 31.4 Å². The number of hydrogen-bond donors (Lipinski definition) is 1. The van der Waals surface area contributed by atoms with Crippen LogP contribution in [0.4, 0.5) is 0 Å². The third-order valence-corrected chi connectivity index (χ3v) is 3.94. The van der Waals surface area contributed by atoms with Gasteiger partial charge in [0, 0.05) is 31.4 Å². The molecule has 3 rings (SSSR count).